The summed E-state index contributed by atoms with van der Waals surface area (Å²) >= 11 is 5.92. The van der Waals surface area contributed by atoms with Crippen LogP contribution in [0.1, 0.15) is 16.2 Å². The highest BCUT2D eigenvalue weighted by Gasteiger charge is 2.15. The second-order valence-electron chi connectivity index (χ2n) is 4.72. The maximum absolute atomic E-state index is 12.4. The van der Waals surface area contributed by atoms with Gasteiger partial charge >= 0.3 is 0 Å². The van der Waals surface area contributed by atoms with Gasteiger partial charge in [0, 0.05) is 23.8 Å². The second kappa shape index (κ2) is 5.54. The molecule has 21 heavy (non-hydrogen) atoms. The molecule has 0 N–H and O–H groups in total. The van der Waals surface area contributed by atoms with E-state index in [1.165, 1.54) is 0 Å². The summed E-state index contributed by atoms with van der Waals surface area (Å²) in [6, 6.07) is 12.6. The number of fused-ring (bicyclic) bond motifs is 1. The molecule has 0 spiro atoms. The van der Waals surface area contributed by atoms with Crippen LogP contribution in [-0.2, 0) is 6.54 Å². The lowest BCUT2D eigenvalue weighted by Gasteiger charge is -2.16. The lowest BCUT2D eigenvalue weighted by molar-refractivity contribution is 0.0781. The Balaban J connectivity index is 1.83. The summed E-state index contributed by atoms with van der Waals surface area (Å²) in [6.45, 7) is 0.372. The van der Waals surface area contributed by atoms with Crippen molar-refractivity contribution in [3.63, 3.8) is 0 Å². The number of carbonyl (C=O) groups is 1. The Morgan fingerprint density at radius 2 is 2.10 bits per heavy atom. The van der Waals surface area contributed by atoms with Gasteiger partial charge in [-0.3, -0.25) is 9.20 Å². The van der Waals surface area contributed by atoms with Crippen molar-refractivity contribution in [1.29, 1.82) is 0 Å². The molecule has 0 aliphatic rings. The van der Waals surface area contributed by atoms with Crippen LogP contribution < -0.4 is 0 Å². The van der Waals surface area contributed by atoms with Gasteiger partial charge in [0.15, 0.2) is 11.5 Å². The monoisotopic (exact) mass is 300 g/mol. The third-order valence-electron chi connectivity index (χ3n) is 3.18. The van der Waals surface area contributed by atoms with Crippen LogP contribution in [0.4, 0.5) is 0 Å². The third-order valence-corrected chi connectivity index (χ3v) is 3.42. The van der Waals surface area contributed by atoms with Crippen LogP contribution in [0.15, 0.2) is 48.7 Å². The highest BCUT2D eigenvalue weighted by Crippen LogP contribution is 2.13. The molecule has 0 fully saturated rings. The van der Waals surface area contributed by atoms with Gasteiger partial charge in [-0.05, 0) is 30.3 Å². The fourth-order valence-corrected chi connectivity index (χ4v) is 2.31. The largest absolute Gasteiger partial charge is 0.334 e. The number of nitrogens with zero attached hydrogens (tertiary/aromatic N) is 4. The summed E-state index contributed by atoms with van der Waals surface area (Å²) < 4.78 is 1.86. The molecule has 1 amide bonds. The van der Waals surface area contributed by atoms with Crippen molar-refractivity contribution in [2.45, 2.75) is 6.54 Å². The molecular weight excluding hydrogens is 288 g/mol. The SMILES string of the molecule is CN(Cc1nnc2ccccn12)C(=O)c1cccc(Cl)c1. The van der Waals surface area contributed by atoms with E-state index in [0.29, 0.717) is 23.0 Å². The maximum Gasteiger partial charge on any atom is 0.254 e. The number of carbonyl (C=O) groups excluding carboxylic acids is 1. The van der Waals surface area contributed by atoms with Crippen LogP contribution in [0, 0.1) is 0 Å². The first-order chi connectivity index (χ1) is 10.1. The first kappa shape index (κ1) is 13.6. The third kappa shape index (κ3) is 2.73. The Bertz CT molecular complexity index is 799. The fourth-order valence-electron chi connectivity index (χ4n) is 2.12. The van der Waals surface area contributed by atoms with Gasteiger partial charge in [-0.2, -0.15) is 0 Å². The molecule has 106 valence electrons. The Labute approximate surface area is 126 Å². The zero-order chi connectivity index (χ0) is 14.8. The number of rotatable bonds is 3. The van der Waals surface area contributed by atoms with Crippen LogP contribution in [0.5, 0.6) is 0 Å². The number of hydrogen-bond acceptors (Lipinski definition) is 3. The minimum absolute atomic E-state index is 0.106. The number of hydrogen-bond donors (Lipinski definition) is 0. The molecular formula is C15H13ClN4O. The average molecular weight is 301 g/mol. The molecule has 0 atom stereocenters. The molecule has 0 saturated heterocycles. The minimum Gasteiger partial charge on any atom is -0.334 e. The van der Waals surface area contributed by atoms with E-state index in [4.69, 9.17) is 11.6 Å². The van der Waals surface area contributed by atoms with Crippen molar-refractivity contribution < 1.29 is 4.79 Å². The summed E-state index contributed by atoms with van der Waals surface area (Å²) in [4.78, 5) is 14.0. The summed E-state index contributed by atoms with van der Waals surface area (Å²) in [5.41, 5.74) is 1.31. The van der Waals surface area contributed by atoms with E-state index < -0.39 is 0 Å². The molecule has 0 unspecified atom stereocenters. The molecule has 1 aromatic carbocycles. The van der Waals surface area contributed by atoms with Crippen molar-refractivity contribution in [3.8, 4) is 0 Å². The predicted molar refractivity (Wildman–Crippen MR) is 80.2 cm³/mol. The summed E-state index contributed by atoms with van der Waals surface area (Å²) in [6.07, 6.45) is 1.88. The highest BCUT2D eigenvalue weighted by atomic mass is 35.5. The Morgan fingerprint density at radius 3 is 2.90 bits per heavy atom. The zero-order valence-electron chi connectivity index (χ0n) is 11.4. The van der Waals surface area contributed by atoms with E-state index in [1.807, 2.05) is 28.8 Å². The molecule has 2 heterocycles. The van der Waals surface area contributed by atoms with E-state index >= 15 is 0 Å². The molecule has 6 heteroatoms. The van der Waals surface area contributed by atoms with Crippen molar-refractivity contribution in [2.24, 2.45) is 0 Å². The molecule has 0 saturated carbocycles. The lowest BCUT2D eigenvalue weighted by atomic mass is 10.2. The highest BCUT2D eigenvalue weighted by molar-refractivity contribution is 6.30. The summed E-state index contributed by atoms with van der Waals surface area (Å²) in [5, 5.41) is 8.74. The first-order valence-electron chi connectivity index (χ1n) is 6.45. The first-order valence-corrected chi connectivity index (χ1v) is 6.82. The van der Waals surface area contributed by atoms with E-state index in [1.54, 1.807) is 36.2 Å². The Morgan fingerprint density at radius 1 is 1.24 bits per heavy atom. The van der Waals surface area contributed by atoms with Crippen molar-refractivity contribution in [2.75, 3.05) is 7.05 Å². The van der Waals surface area contributed by atoms with Crippen molar-refractivity contribution >= 4 is 23.2 Å². The van der Waals surface area contributed by atoms with Gasteiger partial charge in [0.2, 0.25) is 0 Å². The van der Waals surface area contributed by atoms with E-state index in [2.05, 4.69) is 10.2 Å². The van der Waals surface area contributed by atoms with Gasteiger partial charge in [-0.15, -0.1) is 10.2 Å². The van der Waals surface area contributed by atoms with Gasteiger partial charge in [0.05, 0.1) is 6.54 Å². The van der Waals surface area contributed by atoms with Crippen molar-refractivity contribution in [3.05, 3.63) is 65.1 Å². The Kier molecular flexibility index (Phi) is 3.58. The number of halogens is 1. The normalized spacial score (nSPS) is 10.8. The quantitative estimate of drug-likeness (QED) is 0.747. The van der Waals surface area contributed by atoms with Crippen molar-refractivity contribution in [1.82, 2.24) is 19.5 Å². The minimum atomic E-state index is -0.106. The summed E-state index contributed by atoms with van der Waals surface area (Å²) in [5.74, 6) is 0.605. The lowest BCUT2D eigenvalue weighted by Crippen LogP contribution is -2.27. The maximum atomic E-state index is 12.4. The molecule has 0 bridgehead atoms. The molecule has 3 aromatic rings. The molecule has 5 nitrogen and oxygen atoms in total. The van der Waals surface area contributed by atoms with Gasteiger partial charge in [0.1, 0.15) is 0 Å². The fraction of sp³-hybridized carbons (Fsp3) is 0.133. The molecule has 0 radical (unpaired) electrons. The standard InChI is InChI=1S/C15H13ClN4O/c1-19(15(21)11-5-4-6-12(16)9-11)10-14-18-17-13-7-2-3-8-20(13)14/h2-9H,10H2,1H3. The number of benzene rings is 1. The molecule has 0 aliphatic heterocycles. The van der Waals surface area contributed by atoms with E-state index in [0.717, 1.165) is 5.65 Å². The number of pyridine rings is 1. The molecule has 0 aliphatic carbocycles. The summed E-state index contributed by atoms with van der Waals surface area (Å²) in [7, 11) is 1.73. The van der Waals surface area contributed by atoms with Crippen LogP contribution in [0.2, 0.25) is 5.02 Å². The van der Waals surface area contributed by atoms with Gasteiger partial charge in [-0.25, -0.2) is 0 Å². The zero-order valence-corrected chi connectivity index (χ0v) is 12.2. The second-order valence-corrected chi connectivity index (χ2v) is 5.15. The van der Waals surface area contributed by atoms with Gasteiger partial charge in [-0.1, -0.05) is 23.7 Å². The van der Waals surface area contributed by atoms with Crippen LogP contribution in [0.3, 0.4) is 0 Å². The van der Waals surface area contributed by atoms with E-state index in [9.17, 15) is 4.79 Å². The average Bonchev–Trinajstić information content (AvgIpc) is 2.90. The smallest absolute Gasteiger partial charge is 0.254 e. The van der Waals surface area contributed by atoms with Crippen LogP contribution >= 0.6 is 11.6 Å². The van der Waals surface area contributed by atoms with Gasteiger partial charge in [0.25, 0.3) is 5.91 Å². The van der Waals surface area contributed by atoms with Crippen LogP contribution in [0.25, 0.3) is 5.65 Å². The van der Waals surface area contributed by atoms with Gasteiger partial charge < -0.3 is 4.90 Å². The number of amides is 1. The predicted octanol–water partition coefficient (Wildman–Crippen LogP) is 2.65. The number of aromatic nitrogens is 3. The molecule has 2 aromatic heterocycles. The molecule has 3 rings (SSSR count). The van der Waals surface area contributed by atoms with Crippen LogP contribution in [-0.4, -0.2) is 32.5 Å². The van der Waals surface area contributed by atoms with E-state index in [-0.39, 0.29) is 5.91 Å². The Hall–Kier alpha value is -2.40. The topological polar surface area (TPSA) is 50.5 Å².